The van der Waals surface area contributed by atoms with Crippen molar-refractivity contribution in [2.45, 2.75) is 32.6 Å². The van der Waals surface area contributed by atoms with E-state index in [1.54, 1.807) is 14.2 Å². The maximum atomic E-state index is 5.63. The molecule has 1 fully saturated rings. The number of nitrogens with zero attached hydrogens (tertiary/aromatic N) is 1. The van der Waals surface area contributed by atoms with Crippen LogP contribution in [0.25, 0.3) is 0 Å². The standard InChI is InChI=1S/C20H33N3O3/c1-4-26-19-14-16(9-10-18(19)24-3)6-5-11-22-20(21-2)23-12-13-25-15-17-7-8-17/h9-10,14,17H,4-8,11-13,15H2,1-3H3,(H2,21,22,23). The van der Waals surface area contributed by atoms with Crippen molar-refractivity contribution < 1.29 is 14.2 Å². The van der Waals surface area contributed by atoms with Crippen LogP contribution in [0.4, 0.5) is 0 Å². The van der Waals surface area contributed by atoms with Gasteiger partial charge in [0.05, 0.1) is 20.3 Å². The number of methoxy groups -OCH3 is 1. The Morgan fingerprint density at radius 1 is 1.19 bits per heavy atom. The number of hydrogen-bond acceptors (Lipinski definition) is 4. The molecule has 0 saturated heterocycles. The second-order valence-corrected chi connectivity index (χ2v) is 6.47. The summed E-state index contributed by atoms with van der Waals surface area (Å²) in [7, 11) is 3.45. The molecule has 0 aliphatic heterocycles. The van der Waals surface area contributed by atoms with Crippen LogP contribution in [0, 0.1) is 5.92 Å². The Morgan fingerprint density at radius 3 is 2.69 bits per heavy atom. The van der Waals surface area contributed by atoms with Crippen molar-refractivity contribution in [2.75, 3.05) is 47.1 Å². The summed E-state index contributed by atoms with van der Waals surface area (Å²) in [5.41, 5.74) is 1.24. The Bertz CT molecular complexity index is 559. The fraction of sp³-hybridized carbons (Fsp3) is 0.650. The van der Waals surface area contributed by atoms with Crippen LogP contribution >= 0.6 is 0 Å². The molecule has 0 spiro atoms. The predicted molar refractivity (Wildman–Crippen MR) is 105 cm³/mol. The van der Waals surface area contributed by atoms with E-state index >= 15 is 0 Å². The van der Waals surface area contributed by atoms with Crippen LogP contribution in [0.1, 0.15) is 31.7 Å². The number of ether oxygens (including phenoxy) is 3. The number of rotatable bonds is 12. The van der Waals surface area contributed by atoms with Crippen LogP contribution in [-0.2, 0) is 11.2 Å². The topological polar surface area (TPSA) is 64.1 Å². The van der Waals surface area contributed by atoms with Gasteiger partial charge in [-0.15, -0.1) is 0 Å². The summed E-state index contributed by atoms with van der Waals surface area (Å²) < 4.78 is 16.6. The van der Waals surface area contributed by atoms with Crippen LogP contribution in [0.2, 0.25) is 0 Å². The van der Waals surface area contributed by atoms with E-state index in [4.69, 9.17) is 14.2 Å². The molecule has 2 rings (SSSR count). The van der Waals surface area contributed by atoms with Crippen LogP contribution in [0.3, 0.4) is 0 Å². The highest BCUT2D eigenvalue weighted by Gasteiger charge is 2.20. The molecule has 1 saturated carbocycles. The van der Waals surface area contributed by atoms with E-state index in [-0.39, 0.29) is 0 Å². The summed E-state index contributed by atoms with van der Waals surface area (Å²) in [6.07, 6.45) is 4.64. The molecule has 146 valence electrons. The second-order valence-electron chi connectivity index (χ2n) is 6.47. The third kappa shape index (κ3) is 7.52. The molecule has 1 aliphatic rings. The molecule has 0 bridgehead atoms. The molecule has 6 heteroatoms. The van der Waals surface area contributed by atoms with Gasteiger partial charge in [0.2, 0.25) is 0 Å². The second kappa shape index (κ2) is 11.6. The molecule has 1 aromatic rings. The van der Waals surface area contributed by atoms with Gasteiger partial charge < -0.3 is 24.8 Å². The first-order valence-electron chi connectivity index (χ1n) is 9.58. The predicted octanol–water partition coefficient (Wildman–Crippen LogP) is 2.62. The van der Waals surface area contributed by atoms with Crippen molar-refractivity contribution in [3.63, 3.8) is 0 Å². The van der Waals surface area contributed by atoms with Gasteiger partial charge in [-0.05, 0) is 56.2 Å². The van der Waals surface area contributed by atoms with Crippen molar-refractivity contribution in [1.29, 1.82) is 0 Å². The lowest BCUT2D eigenvalue weighted by Crippen LogP contribution is -2.39. The third-order valence-corrected chi connectivity index (χ3v) is 4.28. The van der Waals surface area contributed by atoms with Gasteiger partial charge in [0, 0.05) is 26.7 Å². The first-order chi connectivity index (χ1) is 12.8. The Hall–Kier alpha value is -1.95. The van der Waals surface area contributed by atoms with Crippen LogP contribution in [0.5, 0.6) is 11.5 Å². The van der Waals surface area contributed by atoms with Crippen molar-refractivity contribution in [3.05, 3.63) is 23.8 Å². The van der Waals surface area contributed by atoms with Crippen molar-refractivity contribution in [2.24, 2.45) is 10.9 Å². The zero-order valence-electron chi connectivity index (χ0n) is 16.3. The molecule has 0 unspecified atom stereocenters. The summed E-state index contributed by atoms with van der Waals surface area (Å²) in [6, 6.07) is 6.12. The van der Waals surface area contributed by atoms with E-state index in [0.29, 0.717) is 6.61 Å². The Morgan fingerprint density at radius 2 is 2.00 bits per heavy atom. The average molecular weight is 364 g/mol. The molecule has 0 amide bonds. The van der Waals surface area contributed by atoms with E-state index in [1.807, 2.05) is 13.0 Å². The molecule has 0 radical (unpaired) electrons. The third-order valence-electron chi connectivity index (χ3n) is 4.28. The summed E-state index contributed by atoms with van der Waals surface area (Å²) in [6.45, 7) is 5.88. The summed E-state index contributed by atoms with van der Waals surface area (Å²) in [4.78, 5) is 4.24. The number of benzene rings is 1. The Balaban J connectivity index is 1.62. The lowest BCUT2D eigenvalue weighted by atomic mass is 10.1. The highest BCUT2D eigenvalue weighted by molar-refractivity contribution is 5.79. The normalized spacial score (nSPS) is 14.2. The molecular formula is C20H33N3O3. The van der Waals surface area contributed by atoms with Gasteiger partial charge in [0.15, 0.2) is 17.5 Å². The minimum absolute atomic E-state index is 0.633. The summed E-state index contributed by atoms with van der Waals surface area (Å²) >= 11 is 0. The summed E-state index contributed by atoms with van der Waals surface area (Å²) in [5.74, 6) is 3.23. The minimum atomic E-state index is 0.633. The molecule has 0 atom stereocenters. The molecule has 1 aliphatic carbocycles. The first kappa shape index (κ1) is 20.4. The van der Waals surface area contributed by atoms with Crippen molar-refractivity contribution in [3.8, 4) is 11.5 Å². The zero-order valence-corrected chi connectivity index (χ0v) is 16.3. The van der Waals surface area contributed by atoms with E-state index < -0.39 is 0 Å². The lowest BCUT2D eigenvalue weighted by Gasteiger charge is -2.13. The van der Waals surface area contributed by atoms with Gasteiger partial charge in [-0.25, -0.2) is 0 Å². The smallest absolute Gasteiger partial charge is 0.191 e. The van der Waals surface area contributed by atoms with Crippen LogP contribution < -0.4 is 20.1 Å². The quantitative estimate of drug-likeness (QED) is 0.340. The largest absolute Gasteiger partial charge is 0.493 e. The minimum Gasteiger partial charge on any atom is -0.493 e. The highest BCUT2D eigenvalue weighted by atomic mass is 16.5. The number of hydrogen-bond donors (Lipinski definition) is 2. The van der Waals surface area contributed by atoms with Crippen LogP contribution in [-0.4, -0.2) is 53.0 Å². The van der Waals surface area contributed by atoms with Crippen LogP contribution in [0.15, 0.2) is 23.2 Å². The monoisotopic (exact) mass is 363 g/mol. The van der Waals surface area contributed by atoms with Gasteiger partial charge in [-0.1, -0.05) is 6.07 Å². The molecule has 1 aromatic carbocycles. The Kier molecular flexibility index (Phi) is 9.10. The number of aryl methyl sites for hydroxylation is 1. The summed E-state index contributed by atoms with van der Waals surface area (Å²) in [5, 5.41) is 6.62. The Labute approximate surface area is 157 Å². The maximum Gasteiger partial charge on any atom is 0.191 e. The van der Waals surface area contributed by atoms with E-state index in [9.17, 15) is 0 Å². The van der Waals surface area contributed by atoms with Gasteiger partial charge >= 0.3 is 0 Å². The molecule has 26 heavy (non-hydrogen) atoms. The van der Waals surface area contributed by atoms with Gasteiger partial charge in [-0.2, -0.15) is 0 Å². The maximum absolute atomic E-state index is 5.63. The molecule has 2 N–H and O–H groups in total. The van der Waals surface area contributed by atoms with E-state index in [2.05, 4.69) is 27.8 Å². The van der Waals surface area contributed by atoms with E-state index in [0.717, 1.165) is 62.5 Å². The molecule has 6 nitrogen and oxygen atoms in total. The fourth-order valence-corrected chi connectivity index (χ4v) is 2.64. The molecule has 0 aromatic heterocycles. The zero-order chi connectivity index (χ0) is 18.6. The van der Waals surface area contributed by atoms with Gasteiger partial charge in [-0.3, -0.25) is 4.99 Å². The molecular weight excluding hydrogens is 330 g/mol. The first-order valence-corrected chi connectivity index (χ1v) is 9.58. The lowest BCUT2D eigenvalue weighted by molar-refractivity contribution is 0.129. The number of guanidine groups is 1. The average Bonchev–Trinajstić information content (AvgIpc) is 3.48. The van der Waals surface area contributed by atoms with Gasteiger partial charge in [0.1, 0.15) is 0 Å². The highest BCUT2D eigenvalue weighted by Crippen LogP contribution is 2.29. The van der Waals surface area contributed by atoms with Crippen molar-refractivity contribution >= 4 is 5.96 Å². The van der Waals surface area contributed by atoms with Gasteiger partial charge in [0.25, 0.3) is 0 Å². The number of aliphatic imine (C=N–C) groups is 1. The number of nitrogens with one attached hydrogen (secondary N) is 2. The fourth-order valence-electron chi connectivity index (χ4n) is 2.64. The SMILES string of the molecule is CCOc1cc(CCCNC(=NC)NCCOCC2CC2)ccc1OC. The van der Waals surface area contributed by atoms with E-state index in [1.165, 1.54) is 18.4 Å². The van der Waals surface area contributed by atoms with Crippen molar-refractivity contribution in [1.82, 2.24) is 10.6 Å². The molecule has 0 heterocycles.